The largest absolute Gasteiger partial charge is 0.385 e. The first-order chi connectivity index (χ1) is 8.88. The number of anilines is 1. The van der Waals surface area contributed by atoms with Crippen LogP contribution in [0.3, 0.4) is 0 Å². The first-order valence-corrected chi connectivity index (χ1v) is 8.04. The fourth-order valence-electron chi connectivity index (χ4n) is 2.43. The molecule has 1 aliphatic heterocycles. The first kappa shape index (κ1) is 13.8. The number of nitrogens with one attached hydrogen (secondary N) is 2. The van der Waals surface area contributed by atoms with Crippen LogP contribution in [0, 0.1) is 5.92 Å². The molecule has 1 saturated heterocycles. The van der Waals surface area contributed by atoms with E-state index < -0.39 is 0 Å². The monoisotopic (exact) mass is 264 g/mol. The van der Waals surface area contributed by atoms with Crippen LogP contribution in [0.4, 0.5) is 5.69 Å². The fraction of sp³-hybridized carbons (Fsp3) is 0.600. The van der Waals surface area contributed by atoms with Crippen molar-refractivity contribution in [3.63, 3.8) is 0 Å². The van der Waals surface area contributed by atoms with Gasteiger partial charge in [-0.1, -0.05) is 6.92 Å². The van der Waals surface area contributed by atoms with Crippen LogP contribution in [0.1, 0.15) is 26.2 Å². The highest BCUT2D eigenvalue weighted by Crippen LogP contribution is 2.20. The minimum atomic E-state index is 0.911. The minimum absolute atomic E-state index is 0.911. The summed E-state index contributed by atoms with van der Waals surface area (Å²) in [5, 5.41) is 6.95. The molecular formula is C15H24N2S. The molecule has 1 heterocycles. The molecule has 2 nitrogen and oxygen atoms in total. The molecule has 0 aliphatic carbocycles. The van der Waals surface area contributed by atoms with Crippen molar-refractivity contribution in [1.82, 2.24) is 5.32 Å². The van der Waals surface area contributed by atoms with Gasteiger partial charge in [0.15, 0.2) is 0 Å². The molecule has 1 aromatic rings. The highest BCUT2D eigenvalue weighted by Gasteiger charge is 2.11. The third-order valence-electron chi connectivity index (χ3n) is 3.51. The molecule has 0 bridgehead atoms. The van der Waals surface area contributed by atoms with E-state index in [1.54, 1.807) is 0 Å². The molecule has 100 valence electrons. The van der Waals surface area contributed by atoms with Gasteiger partial charge in [-0.25, -0.2) is 0 Å². The number of thioether (sulfide) groups is 1. The zero-order valence-corrected chi connectivity index (χ0v) is 12.1. The van der Waals surface area contributed by atoms with Crippen molar-refractivity contribution < 1.29 is 0 Å². The molecule has 0 radical (unpaired) electrons. The van der Waals surface area contributed by atoms with Crippen LogP contribution in [0.25, 0.3) is 0 Å². The molecule has 0 atom stereocenters. The van der Waals surface area contributed by atoms with Crippen molar-refractivity contribution in [2.45, 2.75) is 31.1 Å². The second-order valence-electron chi connectivity index (χ2n) is 4.87. The van der Waals surface area contributed by atoms with Gasteiger partial charge in [0.1, 0.15) is 0 Å². The molecule has 2 N–H and O–H groups in total. The van der Waals surface area contributed by atoms with Gasteiger partial charge in [0.05, 0.1) is 0 Å². The summed E-state index contributed by atoms with van der Waals surface area (Å²) in [5.41, 5.74) is 1.25. The Morgan fingerprint density at radius 2 is 1.94 bits per heavy atom. The Balaban J connectivity index is 1.69. The van der Waals surface area contributed by atoms with E-state index >= 15 is 0 Å². The summed E-state index contributed by atoms with van der Waals surface area (Å²) in [6.07, 6.45) is 3.98. The van der Waals surface area contributed by atoms with Gasteiger partial charge >= 0.3 is 0 Å². The lowest BCUT2D eigenvalue weighted by molar-refractivity contribution is 0.361. The zero-order chi connectivity index (χ0) is 12.6. The SMILES string of the molecule is CCSc1ccc(NCCC2CCNCC2)cc1. The standard InChI is InChI=1S/C15H24N2S/c1-2-18-15-5-3-14(4-6-15)17-12-9-13-7-10-16-11-8-13/h3-6,13,16-17H,2,7-12H2,1H3. The second-order valence-corrected chi connectivity index (χ2v) is 6.20. The van der Waals surface area contributed by atoms with Crippen LogP contribution < -0.4 is 10.6 Å². The van der Waals surface area contributed by atoms with Crippen LogP contribution in [-0.4, -0.2) is 25.4 Å². The molecule has 0 aromatic heterocycles. The first-order valence-electron chi connectivity index (χ1n) is 7.06. The van der Waals surface area contributed by atoms with Crippen molar-refractivity contribution >= 4 is 17.4 Å². The van der Waals surface area contributed by atoms with Crippen LogP contribution >= 0.6 is 11.8 Å². The van der Waals surface area contributed by atoms with Crippen LogP contribution in [0.5, 0.6) is 0 Å². The van der Waals surface area contributed by atoms with E-state index in [1.807, 2.05) is 11.8 Å². The fourth-order valence-corrected chi connectivity index (χ4v) is 3.09. The Bertz CT molecular complexity index is 331. The normalized spacial score (nSPS) is 16.7. The molecule has 3 heteroatoms. The molecular weight excluding hydrogens is 240 g/mol. The van der Waals surface area contributed by atoms with E-state index in [0.717, 1.165) is 18.2 Å². The Morgan fingerprint density at radius 1 is 1.22 bits per heavy atom. The van der Waals surface area contributed by atoms with E-state index in [1.165, 1.54) is 42.9 Å². The average molecular weight is 264 g/mol. The lowest BCUT2D eigenvalue weighted by Crippen LogP contribution is -2.28. The Labute approximate surface area is 115 Å². The predicted octanol–water partition coefficient (Wildman–Crippen LogP) is 3.60. The Kier molecular flexibility index (Phi) is 5.88. The smallest absolute Gasteiger partial charge is 0.0340 e. The molecule has 2 rings (SSSR count). The Morgan fingerprint density at radius 3 is 2.61 bits per heavy atom. The molecule has 1 fully saturated rings. The minimum Gasteiger partial charge on any atom is -0.385 e. The summed E-state index contributed by atoms with van der Waals surface area (Å²) in [7, 11) is 0. The molecule has 0 saturated carbocycles. The summed E-state index contributed by atoms with van der Waals surface area (Å²) >= 11 is 1.90. The van der Waals surface area contributed by atoms with Gasteiger partial charge in [-0.05, 0) is 68.3 Å². The van der Waals surface area contributed by atoms with Gasteiger partial charge in [-0.15, -0.1) is 11.8 Å². The van der Waals surface area contributed by atoms with E-state index in [-0.39, 0.29) is 0 Å². The van der Waals surface area contributed by atoms with Gasteiger partial charge in [0.2, 0.25) is 0 Å². The van der Waals surface area contributed by atoms with Gasteiger partial charge in [0.25, 0.3) is 0 Å². The molecule has 18 heavy (non-hydrogen) atoms. The maximum Gasteiger partial charge on any atom is 0.0340 e. The molecule has 1 aromatic carbocycles. The predicted molar refractivity (Wildman–Crippen MR) is 81.5 cm³/mol. The third kappa shape index (κ3) is 4.54. The zero-order valence-electron chi connectivity index (χ0n) is 11.2. The van der Waals surface area contributed by atoms with Gasteiger partial charge in [0, 0.05) is 17.1 Å². The molecule has 0 amide bonds. The lowest BCUT2D eigenvalue weighted by atomic mass is 9.95. The molecule has 1 aliphatic rings. The Hall–Kier alpha value is -0.670. The van der Waals surface area contributed by atoms with E-state index in [9.17, 15) is 0 Å². The van der Waals surface area contributed by atoms with Gasteiger partial charge < -0.3 is 10.6 Å². The van der Waals surface area contributed by atoms with Crippen molar-refractivity contribution in [2.75, 3.05) is 30.7 Å². The van der Waals surface area contributed by atoms with Crippen molar-refractivity contribution in [3.05, 3.63) is 24.3 Å². The number of hydrogen-bond donors (Lipinski definition) is 2. The van der Waals surface area contributed by atoms with E-state index in [0.29, 0.717) is 0 Å². The highest BCUT2D eigenvalue weighted by molar-refractivity contribution is 7.99. The summed E-state index contributed by atoms with van der Waals surface area (Å²) in [6.45, 7) is 5.70. The summed E-state index contributed by atoms with van der Waals surface area (Å²) in [5.74, 6) is 2.05. The summed E-state index contributed by atoms with van der Waals surface area (Å²) < 4.78 is 0. The molecule has 0 unspecified atom stereocenters. The topological polar surface area (TPSA) is 24.1 Å². The van der Waals surface area contributed by atoms with E-state index in [2.05, 4.69) is 41.8 Å². The highest BCUT2D eigenvalue weighted by atomic mass is 32.2. The number of benzene rings is 1. The third-order valence-corrected chi connectivity index (χ3v) is 4.40. The van der Waals surface area contributed by atoms with Crippen LogP contribution in [0.15, 0.2) is 29.2 Å². The van der Waals surface area contributed by atoms with Crippen molar-refractivity contribution in [2.24, 2.45) is 5.92 Å². The van der Waals surface area contributed by atoms with Crippen LogP contribution in [-0.2, 0) is 0 Å². The summed E-state index contributed by atoms with van der Waals surface area (Å²) in [4.78, 5) is 1.36. The maximum atomic E-state index is 3.53. The van der Waals surface area contributed by atoms with Gasteiger partial charge in [-0.2, -0.15) is 0 Å². The quantitative estimate of drug-likeness (QED) is 0.768. The number of hydrogen-bond acceptors (Lipinski definition) is 3. The van der Waals surface area contributed by atoms with Crippen molar-refractivity contribution in [1.29, 1.82) is 0 Å². The average Bonchev–Trinajstić information content (AvgIpc) is 2.42. The van der Waals surface area contributed by atoms with Crippen molar-refractivity contribution in [3.8, 4) is 0 Å². The van der Waals surface area contributed by atoms with E-state index in [4.69, 9.17) is 0 Å². The summed E-state index contributed by atoms with van der Waals surface area (Å²) in [6, 6.07) is 8.81. The van der Waals surface area contributed by atoms with Crippen LogP contribution in [0.2, 0.25) is 0 Å². The molecule has 0 spiro atoms. The number of piperidine rings is 1. The number of rotatable bonds is 6. The lowest BCUT2D eigenvalue weighted by Gasteiger charge is -2.22. The second kappa shape index (κ2) is 7.70. The van der Waals surface area contributed by atoms with Gasteiger partial charge in [-0.3, -0.25) is 0 Å². The maximum absolute atomic E-state index is 3.53.